The number of nitrogens with one attached hydrogen (secondary N) is 1. The molecule has 1 N–H and O–H groups in total. The Morgan fingerprint density at radius 2 is 2.25 bits per heavy atom. The van der Waals surface area contributed by atoms with Gasteiger partial charge in [-0.15, -0.1) is 0 Å². The summed E-state index contributed by atoms with van der Waals surface area (Å²) in [5, 5.41) is 3.53. The summed E-state index contributed by atoms with van der Waals surface area (Å²) in [6.45, 7) is 2.52. The van der Waals surface area contributed by atoms with Crippen molar-refractivity contribution in [2.75, 3.05) is 0 Å². The van der Waals surface area contributed by atoms with E-state index in [9.17, 15) is 9.59 Å². The lowest BCUT2D eigenvalue weighted by Gasteiger charge is -2.08. The number of aryl methyl sites for hydroxylation is 1. The molecule has 104 valence electrons. The average molecular weight is 275 g/mol. The first kappa shape index (κ1) is 12.4. The fourth-order valence-corrected chi connectivity index (χ4v) is 2.10. The summed E-state index contributed by atoms with van der Waals surface area (Å²) in [7, 11) is 0. The summed E-state index contributed by atoms with van der Waals surface area (Å²) < 4.78 is 7.36. The van der Waals surface area contributed by atoms with Gasteiger partial charge in [0.15, 0.2) is 5.65 Å². The number of hydrogen-bond donors (Lipinski definition) is 1. The van der Waals surface area contributed by atoms with E-state index < -0.39 is 11.2 Å². The van der Waals surface area contributed by atoms with Crippen LogP contribution >= 0.6 is 0 Å². The van der Waals surface area contributed by atoms with Crippen molar-refractivity contribution in [3.05, 3.63) is 39.4 Å². The van der Waals surface area contributed by atoms with Gasteiger partial charge in [0.25, 0.3) is 5.56 Å². The fraction of sp³-hybridized carbons (Fsp3) is 0.333. The highest BCUT2D eigenvalue weighted by atomic mass is 16.5. The Balaban J connectivity index is 2.35. The topological polar surface area (TPSA) is 98.7 Å². The maximum atomic E-state index is 12.5. The molecular formula is C12H13N5O3. The van der Waals surface area contributed by atoms with Gasteiger partial charge in [-0.25, -0.2) is 9.78 Å². The molecule has 3 aromatic rings. The highest BCUT2D eigenvalue weighted by molar-refractivity contribution is 5.69. The van der Waals surface area contributed by atoms with Gasteiger partial charge in [0.1, 0.15) is 5.52 Å². The predicted octanol–water partition coefficient (Wildman–Crippen LogP) is 0.664. The van der Waals surface area contributed by atoms with E-state index in [2.05, 4.69) is 15.1 Å². The molecule has 0 fully saturated rings. The van der Waals surface area contributed by atoms with Crippen LogP contribution < -0.4 is 11.2 Å². The Hall–Kier alpha value is -2.64. The Kier molecular flexibility index (Phi) is 2.97. The first-order valence-electron chi connectivity index (χ1n) is 6.34. The lowest BCUT2D eigenvalue weighted by molar-refractivity contribution is 0.398. The van der Waals surface area contributed by atoms with Crippen LogP contribution in [0.25, 0.3) is 17.0 Å². The van der Waals surface area contributed by atoms with E-state index in [1.54, 1.807) is 0 Å². The number of H-pyrrole nitrogens is 1. The van der Waals surface area contributed by atoms with E-state index in [1.165, 1.54) is 23.2 Å². The molecule has 0 spiro atoms. The normalized spacial score (nSPS) is 11.2. The van der Waals surface area contributed by atoms with E-state index in [1.807, 2.05) is 6.92 Å². The molecule has 0 amide bonds. The lowest BCUT2D eigenvalue weighted by Crippen LogP contribution is -2.39. The summed E-state index contributed by atoms with van der Waals surface area (Å²) in [6.07, 6.45) is 4.53. The van der Waals surface area contributed by atoms with Gasteiger partial charge in [-0.2, -0.15) is 4.57 Å². The van der Waals surface area contributed by atoms with Crippen molar-refractivity contribution in [1.29, 1.82) is 0 Å². The molecule has 0 radical (unpaired) electrons. The molecule has 0 aliphatic heterocycles. The molecule has 8 nitrogen and oxygen atoms in total. The minimum absolute atomic E-state index is 0.0988. The summed E-state index contributed by atoms with van der Waals surface area (Å²) in [6, 6.07) is 1.47. The Labute approximate surface area is 112 Å². The molecule has 8 heteroatoms. The monoisotopic (exact) mass is 275 g/mol. The first-order valence-corrected chi connectivity index (χ1v) is 6.34. The van der Waals surface area contributed by atoms with Gasteiger partial charge in [0, 0.05) is 12.6 Å². The third-order valence-electron chi connectivity index (χ3n) is 3.09. The zero-order valence-corrected chi connectivity index (χ0v) is 10.9. The van der Waals surface area contributed by atoms with Gasteiger partial charge < -0.3 is 9.51 Å². The highest BCUT2D eigenvalue weighted by Crippen LogP contribution is 2.06. The maximum Gasteiger partial charge on any atom is 0.339 e. The van der Waals surface area contributed by atoms with Gasteiger partial charge >= 0.3 is 5.69 Å². The van der Waals surface area contributed by atoms with E-state index >= 15 is 0 Å². The van der Waals surface area contributed by atoms with Crippen LogP contribution in [0.4, 0.5) is 0 Å². The molecule has 0 aromatic carbocycles. The zero-order valence-electron chi connectivity index (χ0n) is 10.9. The van der Waals surface area contributed by atoms with Gasteiger partial charge in [-0.1, -0.05) is 18.5 Å². The van der Waals surface area contributed by atoms with Crippen molar-refractivity contribution >= 4 is 11.2 Å². The minimum Gasteiger partial charge on any atom is -0.339 e. The standard InChI is InChI=1S/C12H13N5O3/c1-2-3-6-16-10-9(13-7-14-10)11(18)17(12(16)19)8-4-5-15-20-8/h4-5,7H,2-3,6H2,1H3,(H,13,14). The second kappa shape index (κ2) is 4.80. The number of nitrogens with zero attached hydrogens (tertiary/aromatic N) is 4. The SMILES string of the molecule is CCCCn1c(=O)n(-c2ccno2)c(=O)c2[nH]cnc21. The maximum absolute atomic E-state index is 12.5. The average Bonchev–Trinajstić information content (AvgIpc) is 3.09. The molecule has 0 saturated carbocycles. The minimum atomic E-state index is -0.494. The second-order valence-electron chi connectivity index (χ2n) is 4.38. The van der Waals surface area contributed by atoms with Gasteiger partial charge in [0.05, 0.1) is 12.5 Å². The molecule has 0 aliphatic carbocycles. The van der Waals surface area contributed by atoms with Crippen LogP contribution in [0.15, 0.2) is 32.7 Å². The molecular weight excluding hydrogens is 262 g/mol. The van der Waals surface area contributed by atoms with E-state index in [0.717, 1.165) is 17.4 Å². The van der Waals surface area contributed by atoms with Gasteiger partial charge in [-0.05, 0) is 6.42 Å². The number of hydrogen-bond acceptors (Lipinski definition) is 5. The number of rotatable bonds is 4. The molecule has 3 heterocycles. The molecule has 0 atom stereocenters. The largest absolute Gasteiger partial charge is 0.339 e. The number of unbranched alkanes of at least 4 members (excludes halogenated alkanes) is 1. The third kappa shape index (κ3) is 1.77. The van der Waals surface area contributed by atoms with Crippen LogP contribution in [0.2, 0.25) is 0 Å². The lowest BCUT2D eigenvalue weighted by atomic mass is 10.3. The zero-order chi connectivity index (χ0) is 14.1. The number of fused-ring (bicyclic) bond motifs is 1. The van der Waals surface area contributed by atoms with Crippen molar-refractivity contribution in [2.45, 2.75) is 26.3 Å². The first-order chi connectivity index (χ1) is 9.74. The molecule has 0 bridgehead atoms. The summed E-state index contributed by atoms with van der Waals surface area (Å²) >= 11 is 0. The number of imidazole rings is 1. The third-order valence-corrected chi connectivity index (χ3v) is 3.09. The van der Waals surface area contributed by atoms with Gasteiger partial charge in [-0.3, -0.25) is 9.36 Å². The Morgan fingerprint density at radius 3 is 2.95 bits per heavy atom. The number of aromatic amines is 1. The number of aromatic nitrogens is 5. The van der Waals surface area contributed by atoms with Crippen molar-refractivity contribution in [3.8, 4) is 5.88 Å². The van der Waals surface area contributed by atoms with Crippen LogP contribution in [0.3, 0.4) is 0 Å². The van der Waals surface area contributed by atoms with Crippen molar-refractivity contribution in [1.82, 2.24) is 24.3 Å². The van der Waals surface area contributed by atoms with Crippen LogP contribution in [-0.2, 0) is 6.54 Å². The fourth-order valence-electron chi connectivity index (χ4n) is 2.10. The Bertz CT molecular complexity index is 840. The molecule has 20 heavy (non-hydrogen) atoms. The molecule has 3 rings (SSSR count). The van der Waals surface area contributed by atoms with Crippen molar-refractivity contribution < 1.29 is 4.52 Å². The predicted molar refractivity (Wildman–Crippen MR) is 70.9 cm³/mol. The van der Waals surface area contributed by atoms with E-state index in [-0.39, 0.29) is 11.4 Å². The molecule has 3 aromatic heterocycles. The Morgan fingerprint density at radius 1 is 1.40 bits per heavy atom. The molecule has 0 saturated heterocycles. The second-order valence-corrected chi connectivity index (χ2v) is 4.38. The smallest absolute Gasteiger partial charge is 0.339 e. The van der Waals surface area contributed by atoms with Crippen molar-refractivity contribution in [3.63, 3.8) is 0 Å². The highest BCUT2D eigenvalue weighted by Gasteiger charge is 2.17. The van der Waals surface area contributed by atoms with Crippen molar-refractivity contribution in [2.24, 2.45) is 0 Å². The van der Waals surface area contributed by atoms with Gasteiger partial charge in [0.2, 0.25) is 5.88 Å². The van der Waals surface area contributed by atoms with Crippen LogP contribution in [0, 0.1) is 0 Å². The quantitative estimate of drug-likeness (QED) is 0.754. The molecule has 0 aliphatic rings. The van der Waals surface area contributed by atoms with Crippen LogP contribution in [0.5, 0.6) is 0 Å². The molecule has 0 unspecified atom stereocenters. The van der Waals surface area contributed by atoms with E-state index in [4.69, 9.17) is 4.52 Å². The summed E-state index contributed by atoms with van der Waals surface area (Å²) in [5.74, 6) is 0.0988. The summed E-state index contributed by atoms with van der Waals surface area (Å²) in [5.41, 5.74) is -0.326. The van der Waals surface area contributed by atoms with E-state index in [0.29, 0.717) is 12.2 Å². The summed E-state index contributed by atoms with van der Waals surface area (Å²) in [4.78, 5) is 31.6. The van der Waals surface area contributed by atoms with Crippen LogP contribution in [-0.4, -0.2) is 24.3 Å². The van der Waals surface area contributed by atoms with Crippen LogP contribution in [0.1, 0.15) is 19.8 Å².